The number of hydrogen-bond acceptors (Lipinski definition) is 8. The summed E-state index contributed by atoms with van der Waals surface area (Å²) in [4.78, 5) is 11.9. The summed E-state index contributed by atoms with van der Waals surface area (Å²) in [7, 11) is -4.19. The van der Waals surface area contributed by atoms with Gasteiger partial charge < -0.3 is 18.9 Å². The first-order valence-electron chi connectivity index (χ1n) is 12.8. The van der Waals surface area contributed by atoms with E-state index in [0.717, 1.165) is 16.7 Å². The van der Waals surface area contributed by atoms with Crippen LogP contribution in [0.15, 0.2) is 89.8 Å². The zero-order valence-corrected chi connectivity index (χ0v) is 22.1. The van der Waals surface area contributed by atoms with Crippen molar-refractivity contribution in [2.24, 2.45) is 0 Å². The zero-order chi connectivity index (χ0) is 27.9. The SMILES string of the molecule is [3H][C@@H]1O[C@@](COCc2ccccc2)(COS(=O)(=O)c2ccc(C)cc2)C(OCc2ccccc2)[C@@H]1OC(C)=O. The van der Waals surface area contributed by atoms with Crippen LogP contribution >= 0.6 is 0 Å². The van der Waals surface area contributed by atoms with E-state index in [1.54, 1.807) is 12.1 Å². The van der Waals surface area contributed by atoms with Crippen LogP contribution < -0.4 is 0 Å². The van der Waals surface area contributed by atoms with Crippen molar-refractivity contribution in [2.45, 2.75) is 49.8 Å². The average molecular weight is 543 g/mol. The topological polar surface area (TPSA) is 97.4 Å². The van der Waals surface area contributed by atoms with E-state index in [4.69, 9.17) is 24.5 Å². The molecule has 1 unspecified atom stereocenters. The predicted molar refractivity (Wildman–Crippen MR) is 140 cm³/mol. The Labute approximate surface area is 225 Å². The van der Waals surface area contributed by atoms with Gasteiger partial charge in [0.2, 0.25) is 0 Å². The van der Waals surface area contributed by atoms with Crippen LogP contribution in [0.25, 0.3) is 0 Å². The number of rotatable bonds is 12. The molecule has 1 aliphatic heterocycles. The fourth-order valence-corrected chi connectivity index (χ4v) is 5.03. The summed E-state index contributed by atoms with van der Waals surface area (Å²) in [6.45, 7) is 1.31. The Hall–Kier alpha value is -3.08. The molecule has 4 atom stereocenters. The van der Waals surface area contributed by atoms with Crippen molar-refractivity contribution in [3.63, 3.8) is 0 Å². The third-order valence-corrected chi connectivity index (χ3v) is 7.33. The molecule has 0 aliphatic carbocycles. The lowest BCUT2D eigenvalue weighted by Gasteiger charge is -2.34. The fourth-order valence-electron chi connectivity index (χ4n) is 4.07. The summed E-state index contributed by atoms with van der Waals surface area (Å²) in [6.07, 6.45) is -2.20. The van der Waals surface area contributed by atoms with E-state index in [1.165, 1.54) is 19.1 Å². The summed E-state index contributed by atoms with van der Waals surface area (Å²) in [5, 5.41) is 0. The van der Waals surface area contributed by atoms with E-state index in [0.29, 0.717) is 0 Å². The predicted octanol–water partition coefficient (Wildman–Crippen LogP) is 4.20. The molecule has 1 fully saturated rings. The number of carbonyl (C=O) groups excluding carboxylic acids is 1. The lowest BCUT2D eigenvalue weighted by Crippen LogP contribution is -2.53. The highest BCUT2D eigenvalue weighted by Crippen LogP contribution is 2.34. The van der Waals surface area contributed by atoms with Gasteiger partial charge in [0, 0.05) is 6.92 Å². The second kappa shape index (κ2) is 12.6. The minimum Gasteiger partial charge on any atom is -0.457 e. The number of aryl methyl sites for hydroxylation is 1. The van der Waals surface area contributed by atoms with E-state index >= 15 is 0 Å². The van der Waals surface area contributed by atoms with E-state index in [1.807, 2.05) is 67.6 Å². The third-order valence-electron chi connectivity index (χ3n) is 6.05. The standard InChI is InChI=1S/C29H32O8S/c1-22-13-15-26(16-14-22)38(31,32)36-21-29(20-33-17-24-9-5-3-6-10-24)28(27(19-35-29)37-23(2)30)34-18-25-11-7-4-8-12-25/h3-16,27-28H,17-21H2,1-2H3/t27-,28?,29+/m1/s1/i19T/t19-,27+,28?,29-/m0. The highest BCUT2D eigenvalue weighted by molar-refractivity contribution is 7.86. The molecule has 0 spiro atoms. The number of ether oxygens (including phenoxy) is 4. The maximum absolute atomic E-state index is 13.1. The van der Waals surface area contributed by atoms with E-state index in [2.05, 4.69) is 0 Å². The number of benzene rings is 3. The third kappa shape index (κ3) is 7.27. The van der Waals surface area contributed by atoms with Crippen LogP contribution in [0.5, 0.6) is 0 Å². The second-order valence-electron chi connectivity index (χ2n) is 9.12. The molecule has 9 heteroatoms. The Morgan fingerprint density at radius 2 is 1.55 bits per heavy atom. The van der Waals surface area contributed by atoms with Crippen molar-refractivity contribution in [2.75, 3.05) is 19.8 Å². The van der Waals surface area contributed by atoms with E-state index in [-0.39, 0.29) is 24.7 Å². The molecule has 0 bridgehead atoms. The van der Waals surface area contributed by atoms with Gasteiger partial charge >= 0.3 is 5.97 Å². The molecule has 0 radical (unpaired) electrons. The van der Waals surface area contributed by atoms with Gasteiger partial charge in [0.1, 0.15) is 18.3 Å². The van der Waals surface area contributed by atoms with Crippen molar-refractivity contribution < 1.29 is 37.7 Å². The largest absolute Gasteiger partial charge is 0.457 e. The molecule has 0 N–H and O–H groups in total. The summed E-state index contributed by atoms with van der Waals surface area (Å²) >= 11 is 0. The van der Waals surface area contributed by atoms with Crippen molar-refractivity contribution in [1.29, 1.82) is 0 Å². The van der Waals surface area contributed by atoms with Gasteiger partial charge in [-0.1, -0.05) is 78.4 Å². The molecule has 202 valence electrons. The molecule has 1 heterocycles. The highest BCUT2D eigenvalue weighted by atomic mass is 32.2. The molecule has 0 aromatic heterocycles. The highest BCUT2D eigenvalue weighted by Gasteiger charge is 2.54. The average Bonchev–Trinajstić information content (AvgIpc) is 3.17. The van der Waals surface area contributed by atoms with Crippen LogP contribution in [0.1, 0.15) is 25.0 Å². The Balaban J connectivity index is 1.62. The Morgan fingerprint density at radius 3 is 2.16 bits per heavy atom. The number of hydrogen-bond donors (Lipinski definition) is 0. The first-order chi connectivity index (χ1) is 18.7. The van der Waals surface area contributed by atoms with Gasteiger partial charge in [-0.25, -0.2) is 0 Å². The Morgan fingerprint density at radius 1 is 0.947 bits per heavy atom. The summed E-state index contributed by atoms with van der Waals surface area (Å²) in [6, 6.07) is 25.0. The van der Waals surface area contributed by atoms with Crippen LogP contribution in [0.3, 0.4) is 0 Å². The number of esters is 1. The minimum atomic E-state index is -4.19. The molecular weight excluding hydrogens is 508 g/mol. The second-order valence-corrected chi connectivity index (χ2v) is 10.7. The summed E-state index contributed by atoms with van der Waals surface area (Å²) in [5.74, 6) is -0.622. The van der Waals surface area contributed by atoms with Crippen LogP contribution in [0.4, 0.5) is 0 Å². The lowest BCUT2D eigenvalue weighted by atomic mass is 9.96. The van der Waals surface area contributed by atoms with E-state index in [9.17, 15) is 13.2 Å². The fraction of sp³-hybridized carbons (Fsp3) is 0.345. The first-order valence-corrected chi connectivity index (χ1v) is 13.6. The molecule has 3 aromatic carbocycles. The number of carbonyl (C=O) groups is 1. The van der Waals surface area contributed by atoms with Gasteiger partial charge in [0.15, 0.2) is 6.10 Å². The van der Waals surface area contributed by atoms with Crippen LogP contribution in [0, 0.1) is 6.92 Å². The lowest BCUT2D eigenvalue weighted by molar-refractivity contribution is -0.166. The molecule has 0 amide bonds. The van der Waals surface area contributed by atoms with Gasteiger partial charge in [-0.2, -0.15) is 8.42 Å². The Kier molecular flexibility index (Phi) is 8.83. The molecule has 1 aliphatic rings. The van der Waals surface area contributed by atoms with Crippen LogP contribution in [0.2, 0.25) is 0 Å². The molecule has 8 nitrogen and oxygen atoms in total. The van der Waals surface area contributed by atoms with Gasteiger partial charge in [-0.05, 0) is 30.2 Å². The van der Waals surface area contributed by atoms with Gasteiger partial charge in [-0.15, -0.1) is 0 Å². The summed E-state index contributed by atoms with van der Waals surface area (Å²) in [5.41, 5.74) is 1.04. The van der Waals surface area contributed by atoms with Crippen LogP contribution in [-0.4, -0.2) is 52.0 Å². The van der Waals surface area contributed by atoms with Gasteiger partial charge in [0.05, 0.1) is 32.7 Å². The van der Waals surface area contributed by atoms with Gasteiger partial charge in [0.25, 0.3) is 10.1 Å². The maximum atomic E-state index is 13.1. The molecule has 38 heavy (non-hydrogen) atoms. The van der Waals surface area contributed by atoms with Crippen molar-refractivity contribution in [3.8, 4) is 0 Å². The quantitative estimate of drug-likeness (QED) is 0.248. The van der Waals surface area contributed by atoms with Crippen molar-refractivity contribution in [3.05, 3.63) is 102 Å². The van der Waals surface area contributed by atoms with Crippen molar-refractivity contribution in [1.82, 2.24) is 0 Å². The Bertz CT molecular complexity index is 1320. The molecule has 0 saturated carbocycles. The molecular formula is C29H32O8S. The zero-order valence-electron chi connectivity index (χ0n) is 22.3. The monoisotopic (exact) mass is 542 g/mol. The van der Waals surface area contributed by atoms with Gasteiger partial charge in [-0.3, -0.25) is 8.98 Å². The van der Waals surface area contributed by atoms with E-state index < -0.39 is 47.1 Å². The normalized spacial score (nSPS) is 23.6. The smallest absolute Gasteiger partial charge is 0.303 e. The van der Waals surface area contributed by atoms with Crippen LogP contribution in [-0.2, 0) is 51.3 Å². The molecule has 3 aromatic rings. The minimum absolute atomic E-state index is 0.0211. The molecule has 4 rings (SSSR count). The maximum Gasteiger partial charge on any atom is 0.303 e. The first kappa shape index (κ1) is 26.5. The molecule has 1 saturated heterocycles. The summed E-state index contributed by atoms with van der Waals surface area (Å²) < 4.78 is 63.8. The van der Waals surface area contributed by atoms with Crippen molar-refractivity contribution >= 4 is 16.1 Å².